The molecule has 0 unspecified atom stereocenters. The molecular weight excluding hydrogens is 238 g/mol. The fourth-order valence-corrected chi connectivity index (χ4v) is 3.47. The summed E-state index contributed by atoms with van der Waals surface area (Å²) in [6.45, 7) is 4.64. The molecule has 2 rings (SSSR count). The molecule has 110 valence electrons. The van der Waals surface area contributed by atoms with Crippen LogP contribution in [-0.2, 0) is 4.79 Å². The lowest BCUT2D eigenvalue weighted by molar-refractivity contribution is -0.127. The number of nitrogens with one attached hydrogen (secondary N) is 1. The van der Waals surface area contributed by atoms with E-state index in [2.05, 4.69) is 19.2 Å². The quantitative estimate of drug-likeness (QED) is 0.826. The Balaban J connectivity index is 1.75. The van der Waals surface area contributed by atoms with Crippen LogP contribution < -0.4 is 5.32 Å². The molecule has 0 radical (unpaired) electrons. The largest absolute Gasteiger partial charge is 0.393 e. The van der Waals surface area contributed by atoms with Gasteiger partial charge >= 0.3 is 0 Å². The summed E-state index contributed by atoms with van der Waals surface area (Å²) in [7, 11) is 0. The molecule has 0 aromatic heterocycles. The normalized spacial score (nSPS) is 39.8. The van der Waals surface area contributed by atoms with E-state index in [0.717, 1.165) is 38.5 Å². The molecule has 2 fully saturated rings. The first-order valence-corrected chi connectivity index (χ1v) is 8.01. The van der Waals surface area contributed by atoms with Gasteiger partial charge in [0, 0.05) is 12.0 Å². The second-order valence-corrected chi connectivity index (χ2v) is 6.95. The average molecular weight is 267 g/mol. The summed E-state index contributed by atoms with van der Waals surface area (Å²) in [6, 6.07) is 0.388. The summed E-state index contributed by atoms with van der Waals surface area (Å²) in [5, 5.41) is 12.7. The number of amides is 1. The lowest BCUT2D eigenvalue weighted by Gasteiger charge is -2.37. The Labute approximate surface area is 117 Å². The molecule has 3 nitrogen and oxygen atoms in total. The molecule has 0 saturated heterocycles. The summed E-state index contributed by atoms with van der Waals surface area (Å²) in [6.07, 6.45) is 9.08. The smallest absolute Gasteiger partial charge is 0.223 e. The van der Waals surface area contributed by atoms with Gasteiger partial charge in [-0.05, 0) is 56.8 Å². The van der Waals surface area contributed by atoms with E-state index in [1.54, 1.807) is 0 Å². The van der Waals surface area contributed by atoms with Crippen molar-refractivity contribution >= 4 is 5.91 Å². The van der Waals surface area contributed by atoms with Crippen LogP contribution in [0.4, 0.5) is 0 Å². The average Bonchev–Trinajstić information content (AvgIpc) is 2.42. The van der Waals surface area contributed by atoms with Gasteiger partial charge in [-0.3, -0.25) is 4.79 Å². The zero-order chi connectivity index (χ0) is 13.9. The summed E-state index contributed by atoms with van der Waals surface area (Å²) < 4.78 is 0. The SMILES string of the molecule is CCC1(C)CCC(NC(=O)C2CCC(O)CC2)CC1. The molecule has 0 spiro atoms. The predicted molar refractivity (Wildman–Crippen MR) is 76.8 cm³/mol. The molecule has 2 aliphatic carbocycles. The third-order valence-electron chi connectivity index (χ3n) is 5.46. The molecule has 0 heterocycles. The first-order chi connectivity index (χ1) is 9.02. The Hall–Kier alpha value is -0.570. The molecule has 2 aliphatic rings. The number of carbonyl (C=O) groups excluding carboxylic acids is 1. The van der Waals surface area contributed by atoms with Crippen LogP contribution in [0.5, 0.6) is 0 Å². The van der Waals surface area contributed by atoms with Crippen molar-refractivity contribution in [2.45, 2.75) is 83.8 Å². The number of aliphatic hydroxyl groups excluding tert-OH is 1. The lowest BCUT2D eigenvalue weighted by Crippen LogP contribution is -2.43. The second kappa shape index (κ2) is 6.25. The second-order valence-electron chi connectivity index (χ2n) is 6.95. The van der Waals surface area contributed by atoms with Gasteiger partial charge in [0.2, 0.25) is 5.91 Å². The van der Waals surface area contributed by atoms with E-state index in [1.807, 2.05) is 0 Å². The van der Waals surface area contributed by atoms with Crippen LogP contribution >= 0.6 is 0 Å². The van der Waals surface area contributed by atoms with E-state index in [0.29, 0.717) is 11.5 Å². The number of aliphatic hydroxyl groups is 1. The lowest BCUT2D eigenvalue weighted by atomic mass is 9.72. The number of hydrogen-bond acceptors (Lipinski definition) is 2. The van der Waals surface area contributed by atoms with Gasteiger partial charge in [0.1, 0.15) is 0 Å². The summed E-state index contributed by atoms with van der Waals surface area (Å²) in [5.74, 6) is 0.375. The Kier molecular flexibility index (Phi) is 4.88. The van der Waals surface area contributed by atoms with E-state index in [4.69, 9.17) is 0 Å². The molecule has 1 amide bonds. The molecule has 0 aromatic rings. The highest BCUT2D eigenvalue weighted by molar-refractivity contribution is 5.79. The van der Waals surface area contributed by atoms with Crippen molar-refractivity contribution in [3.63, 3.8) is 0 Å². The topological polar surface area (TPSA) is 49.3 Å². The van der Waals surface area contributed by atoms with Crippen molar-refractivity contribution in [3.05, 3.63) is 0 Å². The molecule has 0 aliphatic heterocycles. The molecular formula is C16H29NO2. The number of carbonyl (C=O) groups is 1. The Morgan fingerprint density at radius 1 is 1.16 bits per heavy atom. The highest BCUT2D eigenvalue weighted by atomic mass is 16.3. The molecule has 0 aromatic carbocycles. The van der Waals surface area contributed by atoms with E-state index in [9.17, 15) is 9.90 Å². The minimum absolute atomic E-state index is 0.142. The van der Waals surface area contributed by atoms with Gasteiger partial charge in [0.15, 0.2) is 0 Å². The van der Waals surface area contributed by atoms with Gasteiger partial charge in [-0.15, -0.1) is 0 Å². The van der Waals surface area contributed by atoms with Gasteiger partial charge < -0.3 is 10.4 Å². The standard InChI is InChI=1S/C16H29NO2/c1-3-16(2)10-8-13(9-11-16)17-15(19)12-4-6-14(18)7-5-12/h12-14,18H,3-11H2,1-2H3,(H,17,19). The maximum absolute atomic E-state index is 12.2. The van der Waals surface area contributed by atoms with Crippen LogP contribution in [0.2, 0.25) is 0 Å². The first kappa shape index (κ1) is 14.8. The van der Waals surface area contributed by atoms with Crippen molar-refractivity contribution < 1.29 is 9.90 Å². The van der Waals surface area contributed by atoms with Crippen LogP contribution in [0.3, 0.4) is 0 Å². The van der Waals surface area contributed by atoms with Crippen LogP contribution in [0, 0.1) is 11.3 Å². The zero-order valence-electron chi connectivity index (χ0n) is 12.5. The van der Waals surface area contributed by atoms with Gasteiger partial charge in [0.25, 0.3) is 0 Å². The third kappa shape index (κ3) is 3.95. The van der Waals surface area contributed by atoms with Gasteiger partial charge in [-0.1, -0.05) is 20.3 Å². The van der Waals surface area contributed by atoms with Crippen molar-refractivity contribution in [1.82, 2.24) is 5.32 Å². The number of hydrogen-bond donors (Lipinski definition) is 2. The maximum atomic E-state index is 12.2. The van der Waals surface area contributed by atoms with Gasteiger partial charge in [0.05, 0.1) is 6.10 Å². The highest BCUT2D eigenvalue weighted by Crippen LogP contribution is 2.38. The minimum Gasteiger partial charge on any atom is -0.393 e. The molecule has 19 heavy (non-hydrogen) atoms. The van der Waals surface area contributed by atoms with Gasteiger partial charge in [-0.2, -0.15) is 0 Å². The van der Waals surface area contributed by atoms with Gasteiger partial charge in [-0.25, -0.2) is 0 Å². The van der Waals surface area contributed by atoms with E-state index >= 15 is 0 Å². The van der Waals surface area contributed by atoms with Crippen molar-refractivity contribution in [2.75, 3.05) is 0 Å². The highest BCUT2D eigenvalue weighted by Gasteiger charge is 2.32. The van der Waals surface area contributed by atoms with Crippen molar-refractivity contribution in [3.8, 4) is 0 Å². The summed E-state index contributed by atoms with van der Waals surface area (Å²) >= 11 is 0. The summed E-state index contributed by atoms with van der Waals surface area (Å²) in [5.41, 5.74) is 0.496. The van der Waals surface area contributed by atoms with E-state index in [1.165, 1.54) is 19.3 Å². The van der Waals surface area contributed by atoms with Crippen LogP contribution in [-0.4, -0.2) is 23.2 Å². The van der Waals surface area contributed by atoms with Crippen molar-refractivity contribution in [1.29, 1.82) is 0 Å². The summed E-state index contributed by atoms with van der Waals surface area (Å²) in [4.78, 5) is 12.2. The molecule has 0 bridgehead atoms. The molecule has 2 N–H and O–H groups in total. The van der Waals surface area contributed by atoms with E-state index < -0.39 is 0 Å². The number of rotatable bonds is 3. The van der Waals surface area contributed by atoms with Crippen LogP contribution in [0.25, 0.3) is 0 Å². The molecule has 3 heteroatoms. The minimum atomic E-state index is -0.177. The van der Waals surface area contributed by atoms with Crippen molar-refractivity contribution in [2.24, 2.45) is 11.3 Å². The Morgan fingerprint density at radius 2 is 1.74 bits per heavy atom. The van der Waals surface area contributed by atoms with Crippen LogP contribution in [0.1, 0.15) is 71.6 Å². The Bertz CT molecular complexity index is 300. The monoisotopic (exact) mass is 267 g/mol. The fraction of sp³-hybridized carbons (Fsp3) is 0.938. The fourth-order valence-electron chi connectivity index (χ4n) is 3.47. The predicted octanol–water partition coefficient (Wildman–Crippen LogP) is 3.01. The maximum Gasteiger partial charge on any atom is 0.223 e. The van der Waals surface area contributed by atoms with Crippen LogP contribution in [0.15, 0.2) is 0 Å². The Morgan fingerprint density at radius 3 is 2.26 bits per heavy atom. The molecule has 0 atom stereocenters. The van der Waals surface area contributed by atoms with E-state index in [-0.39, 0.29) is 17.9 Å². The first-order valence-electron chi connectivity index (χ1n) is 8.01. The zero-order valence-corrected chi connectivity index (χ0v) is 12.5. The third-order valence-corrected chi connectivity index (χ3v) is 5.46. The molecule has 2 saturated carbocycles.